The van der Waals surface area contributed by atoms with Crippen molar-refractivity contribution >= 4 is 11.9 Å². The van der Waals surface area contributed by atoms with E-state index in [-0.39, 0.29) is 18.4 Å². The van der Waals surface area contributed by atoms with Crippen LogP contribution in [-0.2, 0) is 11.3 Å². The minimum atomic E-state index is -0.445. The van der Waals surface area contributed by atoms with E-state index >= 15 is 0 Å². The van der Waals surface area contributed by atoms with E-state index in [0.29, 0.717) is 0 Å². The van der Waals surface area contributed by atoms with Gasteiger partial charge in [0.15, 0.2) is 0 Å². The van der Waals surface area contributed by atoms with Crippen LogP contribution in [0, 0.1) is 0 Å². The monoisotopic (exact) mass is 346 g/mol. The second-order valence-corrected chi connectivity index (χ2v) is 6.34. The summed E-state index contributed by atoms with van der Waals surface area (Å²) in [6.07, 6.45) is 5.74. The smallest absolute Gasteiger partial charge is 0.321 e. The normalized spacial score (nSPS) is 16.8. The summed E-state index contributed by atoms with van der Waals surface area (Å²) < 4.78 is 2.02. The number of carbonyl (C=O) groups excluding carboxylic acids is 2. The molecule has 0 aliphatic carbocycles. The van der Waals surface area contributed by atoms with Crippen molar-refractivity contribution in [1.29, 1.82) is 0 Å². The molecule has 1 aromatic heterocycles. The van der Waals surface area contributed by atoms with Crippen molar-refractivity contribution in [2.75, 3.05) is 0 Å². The number of hydrogen-bond acceptors (Lipinski definition) is 3. The topological polar surface area (TPSA) is 76.0 Å². The van der Waals surface area contributed by atoms with Crippen molar-refractivity contribution in [2.45, 2.75) is 19.0 Å². The molecule has 0 radical (unpaired) electrons. The Morgan fingerprint density at radius 3 is 2.65 bits per heavy atom. The van der Waals surface area contributed by atoms with Gasteiger partial charge in [-0.15, -0.1) is 0 Å². The molecule has 1 atom stereocenters. The first-order chi connectivity index (χ1) is 12.7. The summed E-state index contributed by atoms with van der Waals surface area (Å²) in [5.41, 5.74) is 4.24. The third-order valence-corrected chi connectivity index (χ3v) is 4.42. The molecule has 1 aliphatic heterocycles. The zero-order chi connectivity index (χ0) is 17.9. The first-order valence-electron chi connectivity index (χ1n) is 8.43. The van der Waals surface area contributed by atoms with Gasteiger partial charge in [-0.2, -0.15) is 0 Å². The Labute approximate surface area is 150 Å². The second-order valence-electron chi connectivity index (χ2n) is 6.34. The third kappa shape index (κ3) is 3.49. The predicted octanol–water partition coefficient (Wildman–Crippen LogP) is 2.87. The number of amides is 3. The van der Waals surface area contributed by atoms with Crippen molar-refractivity contribution in [2.24, 2.45) is 0 Å². The highest BCUT2D eigenvalue weighted by molar-refractivity contribution is 5.97. The lowest BCUT2D eigenvalue weighted by Gasteiger charge is -2.23. The van der Waals surface area contributed by atoms with Gasteiger partial charge in [-0.3, -0.25) is 10.1 Å². The number of nitrogens with one attached hydrogen (secondary N) is 2. The number of aromatic nitrogens is 2. The molecule has 2 aromatic carbocycles. The van der Waals surface area contributed by atoms with E-state index in [4.69, 9.17) is 0 Å². The van der Waals surface area contributed by atoms with Crippen molar-refractivity contribution in [1.82, 2.24) is 20.2 Å². The largest absolute Gasteiger partial charge is 0.333 e. The number of urea groups is 1. The molecule has 2 N–H and O–H groups in total. The van der Waals surface area contributed by atoms with Crippen LogP contribution in [0.3, 0.4) is 0 Å². The molecule has 0 bridgehead atoms. The van der Waals surface area contributed by atoms with E-state index in [1.54, 1.807) is 12.5 Å². The molecular formula is C20H18N4O2. The van der Waals surface area contributed by atoms with Crippen LogP contribution < -0.4 is 10.6 Å². The van der Waals surface area contributed by atoms with Gasteiger partial charge in [0.1, 0.15) is 0 Å². The van der Waals surface area contributed by atoms with Gasteiger partial charge in [-0.25, -0.2) is 9.78 Å². The number of nitrogens with zero attached hydrogens (tertiary/aromatic N) is 2. The Morgan fingerprint density at radius 1 is 1.08 bits per heavy atom. The Morgan fingerprint density at radius 2 is 1.88 bits per heavy atom. The predicted molar refractivity (Wildman–Crippen MR) is 97.2 cm³/mol. The summed E-state index contributed by atoms with van der Waals surface area (Å²) in [7, 11) is 0. The van der Waals surface area contributed by atoms with Crippen molar-refractivity contribution in [3.05, 3.63) is 78.4 Å². The van der Waals surface area contributed by atoms with Crippen LogP contribution in [0.1, 0.15) is 23.6 Å². The van der Waals surface area contributed by atoms with Crippen molar-refractivity contribution in [3.63, 3.8) is 0 Å². The lowest BCUT2D eigenvalue weighted by molar-refractivity contribution is -0.121. The maximum Gasteiger partial charge on any atom is 0.321 e. The molecule has 4 rings (SSSR count). The standard InChI is InChI=1S/C20H18N4O2/c25-19-11-18(22-20(26)23-19)17-6-2-5-16(10-17)15-4-1-3-14(9-15)12-24-8-7-21-13-24/h1-10,13,18H,11-12H2,(H2,22,23,25,26). The van der Waals surface area contributed by atoms with Gasteiger partial charge in [-0.1, -0.05) is 36.4 Å². The molecule has 3 aromatic rings. The molecule has 1 unspecified atom stereocenters. The van der Waals surface area contributed by atoms with Gasteiger partial charge in [0, 0.05) is 18.9 Å². The number of carbonyl (C=O) groups is 2. The molecule has 130 valence electrons. The van der Waals surface area contributed by atoms with E-state index in [2.05, 4.69) is 33.8 Å². The number of benzene rings is 2. The highest BCUT2D eigenvalue weighted by atomic mass is 16.2. The van der Waals surface area contributed by atoms with E-state index < -0.39 is 6.03 Å². The average Bonchev–Trinajstić information content (AvgIpc) is 3.14. The zero-order valence-corrected chi connectivity index (χ0v) is 14.1. The van der Waals surface area contributed by atoms with E-state index in [0.717, 1.165) is 23.2 Å². The minimum Gasteiger partial charge on any atom is -0.333 e. The molecule has 0 saturated carbocycles. The van der Waals surface area contributed by atoms with Crippen LogP contribution in [-0.4, -0.2) is 21.5 Å². The summed E-state index contributed by atoms with van der Waals surface area (Å²) in [5.74, 6) is -0.258. The molecule has 1 fully saturated rings. The highest BCUT2D eigenvalue weighted by Gasteiger charge is 2.25. The summed E-state index contributed by atoms with van der Waals surface area (Å²) in [6, 6.07) is 15.5. The molecule has 3 amide bonds. The van der Waals surface area contributed by atoms with Crippen molar-refractivity contribution in [3.8, 4) is 11.1 Å². The van der Waals surface area contributed by atoms with Crippen molar-refractivity contribution < 1.29 is 9.59 Å². The summed E-state index contributed by atoms with van der Waals surface area (Å²) in [4.78, 5) is 27.3. The molecule has 0 spiro atoms. The van der Waals surface area contributed by atoms with Gasteiger partial charge < -0.3 is 9.88 Å². The summed E-state index contributed by atoms with van der Waals surface area (Å²) in [5, 5.41) is 5.06. The Bertz CT molecular complexity index is 934. The number of hydrogen-bond donors (Lipinski definition) is 2. The maximum absolute atomic E-state index is 11.6. The molecule has 2 heterocycles. The highest BCUT2D eigenvalue weighted by Crippen LogP contribution is 2.26. The number of imide groups is 1. The van der Waals surface area contributed by atoms with Gasteiger partial charge in [0.2, 0.25) is 5.91 Å². The fraction of sp³-hybridized carbons (Fsp3) is 0.150. The zero-order valence-electron chi connectivity index (χ0n) is 14.1. The SMILES string of the molecule is O=C1CC(c2cccc(-c3cccc(Cn4ccnc4)c3)c2)NC(=O)N1. The van der Waals surface area contributed by atoms with Gasteiger partial charge in [0.05, 0.1) is 18.8 Å². The molecule has 1 saturated heterocycles. The van der Waals surface area contributed by atoms with Crippen LogP contribution in [0.4, 0.5) is 4.79 Å². The Balaban J connectivity index is 1.60. The molecular weight excluding hydrogens is 328 g/mol. The number of imidazole rings is 1. The lowest BCUT2D eigenvalue weighted by Crippen LogP contribution is -2.48. The van der Waals surface area contributed by atoms with E-state index in [1.165, 1.54) is 5.56 Å². The van der Waals surface area contributed by atoms with E-state index in [1.807, 2.05) is 41.1 Å². The second kappa shape index (κ2) is 6.84. The van der Waals surface area contributed by atoms with Gasteiger partial charge in [0.25, 0.3) is 0 Å². The molecule has 1 aliphatic rings. The van der Waals surface area contributed by atoms with Gasteiger partial charge in [-0.05, 0) is 34.4 Å². The van der Waals surface area contributed by atoms with Crippen LogP contribution in [0.15, 0.2) is 67.3 Å². The first kappa shape index (κ1) is 16.1. The average molecular weight is 346 g/mol. The molecule has 26 heavy (non-hydrogen) atoms. The fourth-order valence-corrected chi connectivity index (χ4v) is 3.18. The minimum absolute atomic E-state index is 0.246. The summed E-state index contributed by atoms with van der Waals surface area (Å²) in [6.45, 7) is 0.756. The third-order valence-electron chi connectivity index (χ3n) is 4.42. The lowest BCUT2D eigenvalue weighted by atomic mass is 9.96. The van der Waals surface area contributed by atoms with Gasteiger partial charge >= 0.3 is 6.03 Å². The number of rotatable bonds is 4. The van der Waals surface area contributed by atoms with Crippen LogP contribution >= 0.6 is 0 Å². The summed E-state index contributed by atoms with van der Waals surface area (Å²) >= 11 is 0. The van der Waals surface area contributed by atoms with Crippen LogP contribution in [0.25, 0.3) is 11.1 Å². The maximum atomic E-state index is 11.6. The quantitative estimate of drug-likeness (QED) is 0.763. The molecule has 6 nitrogen and oxygen atoms in total. The van der Waals surface area contributed by atoms with Crippen LogP contribution in [0.5, 0.6) is 0 Å². The fourth-order valence-electron chi connectivity index (χ4n) is 3.18. The Hall–Kier alpha value is -3.41. The van der Waals surface area contributed by atoms with Crippen LogP contribution in [0.2, 0.25) is 0 Å². The molecule has 6 heteroatoms. The van der Waals surface area contributed by atoms with E-state index in [9.17, 15) is 9.59 Å². The first-order valence-corrected chi connectivity index (χ1v) is 8.43. The Kier molecular flexibility index (Phi) is 4.23.